The monoisotopic (exact) mass is 245 g/mol. The Balaban J connectivity index is 2.47. The molecule has 0 aromatic heterocycles. The summed E-state index contributed by atoms with van der Waals surface area (Å²) in [6.07, 6.45) is 1.11. The van der Waals surface area contributed by atoms with Crippen LogP contribution in [0.5, 0.6) is 0 Å². The Hall–Kier alpha value is -0.480. The van der Waals surface area contributed by atoms with Gasteiger partial charge in [-0.25, -0.2) is 8.78 Å². The van der Waals surface area contributed by atoms with E-state index in [1.54, 1.807) is 30.0 Å². The number of halogens is 2. The van der Waals surface area contributed by atoms with Gasteiger partial charge >= 0.3 is 0 Å². The van der Waals surface area contributed by atoms with Crippen LogP contribution in [0.2, 0.25) is 0 Å². The highest BCUT2D eigenvalue weighted by Gasteiger charge is 2.26. The van der Waals surface area contributed by atoms with Crippen LogP contribution in [0, 0.1) is 18.6 Å². The van der Waals surface area contributed by atoms with Crippen LogP contribution in [0.25, 0.3) is 0 Å². The van der Waals surface area contributed by atoms with E-state index < -0.39 is 11.6 Å². The lowest BCUT2D eigenvalue weighted by Gasteiger charge is -2.05. The largest absolute Gasteiger partial charge is 0.270 e. The molecule has 0 spiro atoms. The molecule has 0 N–H and O–H groups in total. The second-order valence-electron chi connectivity index (χ2n) is 3.44. The highest BCUT2D eigenvalue weighted by Crippen LogP contribution is 2.23. The Morgan fingerprint density at radius 3 is 2.47 bits per heavy atom. The van der Waals surface area contributed by atoms with Gasteiger partial charge in [-0.15, -0.1) is 0 Å². The molecule has 0 atom stereocenters. The molecule has 1 aliphatic heterocycles. The zero-order chi connectivity index (χ0) is 10.8. The average molecular weight is 245 g/mol. The molecule has 4 heteroatoms. The number of aryl methyl sites for hydroxylation is 1. The minimum Gasteiger partial charge on any atom is -0.206 e. The first-order valence-corrected chi connectivity index (χ1v) is 6.74. The molecule has 0 saturated carbocycles. The van der Waals surface area contributed by atoms with Crippen LogP contribution in [-0.4, -0.2) is 15.7 Å². The molecule has 0 fully saturated rings. The first-order valence-electron chi connectivity index (χ1n) is 4.77. The van der Waals surface area contributed by atoms with Gasteiger partial charge in [0, 0.05) is 12.2 Å². The smallest absolute Gasteiger partial charge is 0.206 e. The Kier molecular flexibility index (Phi) is 3.36. The Morgan fingerprint density at radius 2 is 1.93 bits per heavy atom. The van der Waals surface area contributed by atoms with E-state index in [2.05, 4.69) is 0 Å². The molecule has 1 aromatic carbocycles. The predicted octanol–water partition coefficient (Wildman–Crippen LogP) is 2.97. The van der Waals surface area contributed by atoms with Gasteiger partial charge in [0.15, 0.2) is 17.1 Å². The van der Waals surface area contributed by atoms with Crippen LogP contribution >= 0.6 is 11.8 Å². The summed E-state index contributed by atoms with van der Waals surface area (Å²) in [5.41, 5.74) is 0.787. The van der Waals surface area contributed by atoms with E-state index >= 15 is 0 Å². The summed E-state index contributed by atoms with van der Waals surface area (Å²) >= 11 is 3.10. The molecule has 0 amide bonds. The van der Waals surface area contributed by atoms with Gasteiger partial charge in [0.05, 0.1) is 0 Å². The molecule has 0 aliphatic carbocycles. The molecule has 15 heavy (non-hydrogen) atoms. The number of hydrogen-bond acceptors (Lipinski definition) is 1. The fourth-order valence-electron chi connectivity index (χ4n) is 1.47. The standard InChI is InChI=1S/C11H11F2S2/c1-7-5-8(12)10(9(13)6-7)11-14-3-2-4-15-11/h5-6H,2-4H2,1H3/q+1. The molecule has 0 unspecified atom stereocenters. The van der Waals surface area contributed by atoms with Crippen molar-refractivity contribution in [3.05, 3.63) is 34.9 Å². The number of rotatable bonds is 1. The van der Waals surface area contributed by atoms with E-state index in [-0.39, 0.29) is 5.56 Å². The van der Waals surface area contributed by atoms with E-state index in [4.69, 9.17) is 0 Å². The molecule has 2 rings (SSSR count). The maximum Gasteiger partial charge on any atom is 0.270 e. The van der Waals surface area contributed by atoms with Crippen molar-refractivity contribution in [1.29, 1.82) is 0 Å². The zero-order valence-electron chi connectivity index (χ0n) is 8.35. The van der Waals surface area contributed by atoms with E-state index in [9.17, 15) is 8.78 Å². The van der Waals surface area contributed by atoms with Crippen LogP contribution in [-0.2, 0) is 11.4 Å². The third-order valence-electron chi connectivity index (χ3n) is 2.15. The summed E-state index contributed by atoms with van der Waals surface area (Å²) in [7, 11) is 0. The van der Waals surface area contributed by atoms with Gasteiger partial charge in [0.2, 0.25) is 0 Å². The fraction of sp³-hybridized carbons (Fsp3) is 0.364. The van der Waals surface area contributed by atoms with Gasteiger partial charge < -0.3 is 0 Å². The first kappa shape index (κ1) is 11.0. The third kappa shape index (κ3) is 2.37. The normalized spacial score (nSPS) is 16.3. The summed E-state index contributed by atoms with van der Waals surface area (Å²) in [6, 6.07) is 2.78. The van der Waals surface area contributed by atoms with Crippen molar-refractivity contribution in [3.8, 4) is 0 Å². The summed E-state index contributed by atoms with van der Waals surface area (Å²) in [5, 5.41) is 0. The van der Waals surface area contributed by atoms with Gasteiger partial charge in [0.25, 0.3) is 4.20 Å². The molecule has 0 bridgehead atoms. The van der Waals surface area contributed by atoms with E-state index in [1.807, 2.05) is 0 Å². The topological polar surface area (TPSA) is 0 Å². The van der Waals surface area contributed by atoms with Crippen LogP contribution in [0.4, 0.5) is 8.78 Å². The van der Waals surface area contributed by atoms with Gasteiger partial charge in [-0.2, -0.15) is 0 Å². The van der Waals surface area contributed by atoms with E-state index in [1.165, 1.54) is 12.1 Å². The highest BCUT2D eigenvalue weighted by atomic mass is 32.2. The average Bonchev–Trinajstić information content (AvgIpc) is 2.17. The summed E-state index contributed by atoms with van der Waals surface area (Å²) < 4.78 is 28.0. The Bertz CT molecular complexity index is 390. The molecule has 0 nitrogen and oxygen atoms in total. The molecule has 1 aromatic rings. The van der Waals surface area contributed by atoms with Crippen molar-refractivity contribution in [2.45, 2.75) is 13.3 Å². The van der Waals surface area contributed by atoms with Crippen molar-refractivity contribution >= 4 is 27.3 Å². The summed E-state index contributed by atoms with van der Waals surface area (Å²) in [4.78, 5) is 0. The van der Waals surface area contributed by atoms with Gasteiger partial charge in [-0.1, -0.05) is 11.8 Å². The summed E-state index contributed by atoms with van der Waals surface area (Å²) in [6.45, 7) is 1.70. The molecule has 0 saturated heterocycles. The van der Waals surface area contributed by atoms with Crippen molar-refractivity contribution in [2.75, 3.05) is 11.5 Å². The Labute approximate surface area is 96.0 Å². The van der Waals surface area contributed by atoms with Gasteiger partial charge in [-0.05, 0) is 24.6 Å². The van der Waals surface area contributed by atoms with E-state index in [0.29, 0.717) is 5.56 Å². The predicted molar refractivity (Wildman–Crippen MR) is 64.5 cm³/mol. The van der Waals surface area contributed by atoms with Crippen molar-refractivity contribution in [1.82, 2.24) is 0 Å². The Morgan fingerprint density at radius 1 is 1.27 bits per heavy atom. The lowest BCUT2D eigenvalue weighted by atomic mass is 10.1. The fourth-order valence-corrected chi connectivity index (χ4v) is 4.11. The molecule has 1 heterocycles. The molecule has 1 aliphatic rings. The van der Waals surface area contributed by atoms with Crippen molar-refractivity contribution < 1.29 is 8.78 Å². The van der Waals surface area contributed by atoms with Crippen LogP contribution in [0.3, 0.4) is 0 Å². The number of benzene rings is 1. The maximum atomic E-state index is 13.6. The quantitative estimate of drug-likeness (QED) is 0.541. The van der Waals surface area contributed by atoms with Crippen LogP contribution in [0.15, 0.2) is 12.1 Å². The lowest BCUT2D eigenvalue weighted by molar-refractivity contribution is 0.578. The zero-order valence-corrected chi connectivity index (χ0v) is 9.98. The maximum absolute atomic E-state index is 13.6. The van der Waals surface area contributed by atoms with Crippen LogP contribution < -0.4 is 0 Å². The summed E-state index contributed by atoms with van der Waals surface area (Å²) in [5.74, 6) is 1.03. The van der Waals surface area contributed by atoms with Crippen LogP contribution in [0.1, 0.15) is 17.5 Å². The SMILES string of the molecule is Cc1cc(F)c(C2=[S+]CCCS2)c(F)c1. The van der Waals surface area contributed by atoms with Gasteiger partial charge in [-0.3, -0.25) is 0 Å². The molecule has 0 radical (unpaired) electrons. The van der Waals surface area contributed by atoms with Gasteiger partial charge in [0.1, 0.15) is 17.2 Å². The second-order valence-corrected chi connectivity index (χ2v) is 5.91. The second kappa shape index (κ2) is 4.58. The minimum atomic E-state index is -0.440. The van der Waals surface area contributed by atoms with E-state index in [0.717, 1.165) is 22.1 Å². The molecule has 80 valence electrons. The lowest BCUT2D eigenvalue weighted by Crippen LogP contribution is -2.11. The van der Waals surface area contributed by atoms with Crippen molar-refractivity contribution in [2.24, 2.45) is 0 Å². The third-order valence-corrected chi connectivity index (χ3v) is 4.77. The minimum absolute atomic E-state index is 0.162. The molecular formula is C11H11F2S2+. The number of hydrogen-bond donors (Lipinski definition) is 0. The number of thioether (sulfide) groups is 1. The van der Waals surface area contributed by atoms with Crippen molar-refractivity contribution in [3.63, 3.8) is 0 Å². The molecular weight excluding hydrogens is 234 g/mol. The highest BCUT2D eigenvalue weighted by molar-refractivity contribution is 8.23. The first-order chi connectivity index (χ1) is 7.18.